The SMILES string of the molecule is CCCCCCCCCCO[C@@H]1O[C@@H]2COC(c3ccccc3)O[C@@H]2[C@H](OCCNC(=O)CCl)[C@H]1OCCNC(=O)CCl. The molecule has 3 rings (SSSR count). The highest BCUT2D eigenvalue weighted by atomic mass is 35.5. The largest absolute Gasteiger partial charge is 0.371 e. The number of unbranched alkanes of at least 4 members (excludes halogenated alkanes) is 7. The van der Waals surface area contributed by atoms with E-state index in [1.54, 1.807) is 0 Å². The summed E-state index contributed by atoms with van der Waals surface area (Å²) in [5.74, 6) is -0.824. The highest BCUT2D eigenvalue weighted by molar-refractivity contribution is 6.27. The van der Waals surface area contributed by atoms with Crippen molar-refractivity contribution >= 4 is 35.0 Å². The van der Waals surface area contributed by atoms with E-state index in [0.29, 0.717) is 6.61 Å². The highest BCUT2D eigenvalue weighted by Gasteiger charge is 2.51. The molecule has 0 saturated carbocycles. The van der Waals surface area contributed by atoms with E-state index in [9.17, 15) is 9.59 Å². The van der Waals surface area contributed by atoms with Gasteiger partial charge in [-0.25, -0.2) is 0 Å². The van der Waals surface area contributed by atoms with Crippen LogP contribution in [0.2, 0.25) is 0 Å². The normalized spacial score (nSPS) is 25.2. The average molecular weight is 648 g/mol. The Kier molecular flexibility index (Phi) is 17.8. The number of carbonyl (C=O) groups is 2. The maximum atomic E-state index is 11.7. The molecule has 2 amide bonds. The van der Waals surface area contributed by atoms with Gasteiger partial charge in [-0.2, -0.15) is 0 Å². The Morgan fingerprint density at radius 1 is 0.791 bits per heavy atom. The fraction of sp³-hybridized carbons (Fsp3) is 0.742. The zero-order valence-corrected chi connectivity index (χ0v) is 26.7. The lowest BCUT2D eigenvalue weighted by molar-refractivity contribution is -0.370. The minimum absolute atomic E-state index is 0.129. The van der Waals surface area contributed by atoms with Crippen LogP contribution < -0.4 is 10.6 Å². The number of carbonyl (C=O) groups excluding carboxylic acids is 2. The van der Waals surface area contributed by atoms with Crippen molar-refractivity contribution in [2.24, 2.45) is 0 Å². The van der Waals surface area contributed by atoms with Gasteiger partial charge >= 0.3 is 0 Å². The van der Waals surface area contributed by atoms with E-state index in [2.05, 4.69) is 17.6 Å². The second-order valence-corrected chi connectivity index (χ2v) is 11.2. The molecule has 1 unspecified atom stereocenters. The number of nitrogens with one attached hydrogen (secondary N) is 2. The average Bonchev–Trinajstić information content (AvgIpc) is 3.04. The molecule has 43 heavy (non-hydrogen) atoms. The molecule has 2 heterocycles. The summed E-state index contributed by atoms with van der Waals surface area (Å²) in [7, 11) is 0. The zero-order chi connectivity index (χ0) is 30.7. The van der Waals surface area contributed by atoms with Gasteiger partial charge in [0.2, 0.25) is 11.8 Å². The summed E-state index contributed by atoms with van der Waals surface area (Å²) in [4.78, 5) is 23.3. The Morgan fingerprint density at radius 2 is 1.40 bits per heavy atom. The lowest BCUT2D eigenvalue weighted by Crippen LogP contribution is -2.64. The van der Waals surface area contributed by atoms with Crippen LogP contribution >= 0.6 is 23.2 Å². The van der Waals surface area contributed by atoms with Gasteiger partial charge in [0, 0.05) is 25.3 Å². The topological polar surface area (TPSA) is 114 Å². The predicted molar refractivity (Wildman–Crippen MR) is 164 cm³/mol. The van der Waals surface area contributed by atoms with Gasteiger partial charge in [-0.1, -0.05) is 82.2 Å². The van der Waals surface area contributed by atoms with Gasteiger partial charge in [-0.15, -0.1) is 23.2 Å². The number of fused-ring (bicyclic) bond motifs is 1. The minimum atomic E-state index is -0.738. The molecule has 0 bridgehead atoms. The van der Waals surface area contributed by atoms with Crippen molar-refractivity contribution in [2.75, 3.05) is 51.3 Å². The number of ether oxygens (including phenoxy) is 6. The summed E-state index contributed by atoms with van der Waals surface area (Å²) >= 11 is 11.2. The van der Waals surface area contributed by atoms with Crippen molar-refractivity contribution in [3.63, 3.8) is 0 Å². The Labute approximate surface area is 265 Å². The lowest BCUT2D eigenvalue weighted by Gasteiger charge is -2.49. The van der Waals surface area contributed by atoms with Gasteiger partial charge in [-0.05, 0) is 6.42 Å². The van der Waals surface area contributed by atoms with E-state index >= 15 is 0 Å². The van der Waals surface area contributed by atoms with Gasteiger partial charge in [-0.3, -0.25) is 9.59 Å². The predicted octanol–water partition coefficient (Wildman–Crippen LogP) is 4.46. The number of benzene rings is 1. The van der Waals surface area contributed by atoms with E-state index in [1.807, 2.05) is 30.3 Å². The van der Waals surface area contributed by atoms with Gasteiger partial charge in [0.05, 0.1) is 19.8 Å². The van der Waals surface area contributed by atoms with Crippen LogP contribution in [0, 0.1) is 0 Å². The second kappa shape index (κ2) is 21.3. The standard InChI is InChI=1S/C31H48Cl2N2O8/c1-2-3-4-5-6-7-8-12-17-40-31-29(39-19-16-35-26(37)21-33)28(38-18-15-34-25(36)20-32)27-24(42-31)22-41-30(43-27)23-13-10-9-11-14-23/h9-11,13-14,24,27-31H,2-8,12,15-22H2,1H3,(H,34,36)(H,35,37)/t24-,27+,28+,29-,30?,31-/m1/s1. The Morgan fingerprint density at radius 3 is 2.02 bits per heavy atom. The van der Waals surface area contributed by atoms with E-state index < -0.39 is 37.0 Å². The molecule has 12 heteroatoms. The van der Waals surface area contributed by atoms with Gasteiger partial charge < -0.3 is 39.1 Å². The van der Waals surface area contributed by atoms with E-state index in [0.717, 1.165) is 18.4 Å². The molecule has 0 aromatic heterocycles. The third-order valence-electron chi connectivity index (χ3n) is 7.35. The lowest BCUT2D eigenvalue weighted by atomic mass is 9.97. The first-order valence-corrected chi connectivity index (χ1v) is 16.6. The first-order chi connectivity index (χ1) is 21.1. The van der Waals surface area contributed by atoms with E-state index in [4.69, 9.17) is 51.6 Å². The van der Waals surface area contributed by atoms with E-state index in [1.165, 1.54) is 38.5 Å². The maximum absolute atomic E-state index is 11.7. The smallest absolute Gasteiger partial charge is 0.235 e. The molecule has 0 spiro atoms. The van der Waals surface area contributed by atoms with Crippen LogP contribution in [-0.2, 0) is 38.0 Å². The molecule has 0 aliphatic carbocycles. The van der Waals surface area contributed by atoms with Crippen LogP contribution in [0.1, 0.15) is 70.1 Å². The molecular weight excluding hydrogens is 599 g/mol. The fourth-order valence-corrected chi connectivity index (χ4v) is 5.32. The van der Waals surface area contributed by atoms with Gasteiger partial charge in [0.25, 0.3) is 0 Å². The van der Waals surface area contributed by atoms with Crippen LogP contribution in [0.25, 0.3) is 0 Å². The summed E-state index contributed by atoms with van der Waals surface area (Å²) in [6.07, 6.45) is 5.89. The molecular formula is C31H48Cl2N2O8. The summed E-state index contributed by atoms with van der Waals surface area (Å²) in [5.41, 5.74) is 0.878. The molecule has 2 fully saturated rings. The van der Waals surface area contributed by atoms with Crippen molar-refractivity contribution in [1.82, 2.24) is 10.6 Å². The van der Waals surface area contributed by atoms with Crippen molar-refractivity contribution in [3.8, 4) is 0 Å². The molecule has 0 radical (unpaired) electrons. The molecule has 2 saturated heterocycles. The highest BCUT2D eigenvalue weighted by Crippen LogP contribution is 2.36. The monoisotopic (exact) mass is 646 g/mol. The van der Waals surface area contributed by atoms with Crippen LogP contribution in [0.15, 0.2) is 30.3 Å². The molecule has 10 nitrogen and oxygen atoms in total. The Balaban J connectivity index is 1.67. The summed E-state index contributed by atoms with van der Waals surface area (Å²) in [5, 5.41) is 5.43. The Bertz CT molecular complexity index is 915. The van der Waals surface area contributed by atoms with Crippen molar-refractivity contribution in [2.45, 2.75) is 95.3 Å². The second-order valence-electron chi connectivity index (χ2n) is 10.7. The van der Waals surface area contributed by atoms with Crippen LogP contribution in [0.3, 0.4) is 0 Å². The summed E-state index contributed by atoms with van der Waals surface area (Å²) < 4.78 is 37.7. The van der Waals surface area contributed by atoms with E-state index in [-0.39, 0.29) is 56.5 Å². The third kappa shape index (κ3) is 12.8. The first-order valence-electron chi connectivity index (χ1n) is 15.5. The molecule has 1 aromatic carbocycles. The molecule has 6 atom stereocenters. The number of alkyl halides is 2. The number of amides is 2. The molecule has 2 aliphatic heterocycles. The number of hydrogen-bond acceptors (Lipinski definition) is 8. The van der Waals surface area contributed by atoms with Crippen molar-refractivity contribution < 1.29 is 38.0 Å². The zero-order valence-electron chi connectivity index (χ0n) is 25.2. The number of halogens is 2. The number of rotatable bonds is 21. The van der Waals surface area contributed by atoms with Gasteiger partial charge in [0.1, 0.15) is 36.2 Å². The van der Waals surface area contributed by atoms with Crippen molar-refractivity contribution in [3.05, 3.63) is 35.9 Å². The molecule has 244 valence electrons. The fourth-order valence-electron chi connectivity index (χ4n) is 5.13. The summed E-state index contributed by atoms with van der Waals surface area (Å²) in [6, 6.07) is 9.66. The van der Waals surface area contributed by atoms with Crippen LogP contribution in [-0.4, -0.2) is 93.8 Å². The third-order valence-corrected chi connectivity index (χ3v) is 7.83. The molecule has 2 aliphatic rings. The van der Waals surface area contributed by atoms with Crippen LogP contribution in [0.4, 0.5) is 0 Å². The van der Waals surface area contributed by atoms with Crippen LogP contribution in [0.5, 0.6) is 0 Å². The maximum Gasteiger partial charge on any atom is 0.235 e. The first kappa shape index (κ1) is 36.0. The molecule has 1 aromatic rings. The minimum Gasteiger partial charge on any atom is -0.371 e. The molecule has 2 N–H and O–H groups in total. The Hall–Kier alpha value is -1.50. The van der Waals surface area contributed by atoms with Gasteiger partial charge in [0.15, 0.2) is 12.6 Å². The van der Waals surface area contributed by atoms with Crippen molar-refractivity contribution in [1.29, 1.82) is 0 Å². The quantitative estimate of drug-likeness (QED) is 0.149. The number of hydrogen-bond donors (Lipinski definition) is 2. The summed E-state index contributed by atoms with van der Waals surface area (Å²) in [6.45, 7) is 3.92.